The zero-order valence-corrected chi connectivity index (χ0v) is 9.06. The highest BCUT2D eigenvalue weighted by atomic mass is 32.1. The minimum atomic E-state index is -0.360. The quantitative estimate of drug-likeness (QED) is 0.549. The van der Waals surface area contributed by atoms with Gasteiger partial charge in [0.05, 0.1) is 0 Å². The van der Waals surface area contributed by atoms with E-state index in [9.17, 15) is 9.59 Å². The first-order valence-corrected chi connectivity index (χ1v) is 5.10. The molecule has 0 spiro atoms. The van der Waals surface area contributed by atoms with Crippen molar-refractivity contribution < 1.29 is 9.59 Å². The Kier molecular flexibility index (Phi) is 2.44. The van der Waals surface area contributed by atoms with Crippen LogP contribution in [0.25, 0.3) is 0 Å². The molecule has 2 amide bonds. The first-order valence-electron chi connectivity index (χ1n) is 4.70. The summed E-state index contributed by atoms with van der Waals surface area (Å²) < 4.78 is 2.26. The van der Waals surface area contributed by atoms with Gasteiger partial charge in [-0.2, -0.15) is 0 Å². The van der Waals surface area contributed by atoms with Gasteiger partial charge < -0.3 is 9.55 Å². The van der Waals surface area contributed by atoms with Crippen LogP contribution in [0.15, 0.2) is 6.20 Å². The molecule has 1 unspecified atom stereocenters. The number of carbonyl (C=O) groups excluding carboxylic acids is 2. The van der Waals surface area contributed by atoms with Crippen LogP contribution >= 0.6 is 12.2 Å². The Labute approximate surface area is 91.5 Å². The largest absolute Gasteiger partial charge is 0.337 e. The lowest BCUT2D eigenvalue weighted by atomic mass is 10.1. The van der Waals surface area contributed by atoms with Crippen molar-refractivity contribution in [1.82, 2.24) is 14.9 Å². The van der Waals surface area contributed by atoms with Crippen molar-refractivity contribution in [2.24, 2.45) is 0 Å². The first kappa shape index (κ1) is 10.1. The summed E-state index contributed by atoms with van der Waals surface area (Å²) in [5, 5.41) is 2.31. The second-order valence-electron chi connectivity index (χ2n) is 3.57. The maximum Gasteiger partial charge on any atom is 0.249 e. The molecule has 80 valence electrons. The minimum Gasteiger partial charge on any atom is -0.337 e. The summed E-state index contributed by atoms with van der Waals surface area (Å²) in [7, 11) is 0. The number of aromatic amines is 1. The average molecular weight is 225 g/mol. The third kappa shape index (κ3) is 1.72. The highest BCUT2D eigenvalue weighted by Crippen LogP contribution is 2.20. The average Bonchev–Trinajstić information content (AvgIpc) is 2.48. The van der Waals surface area contributed by atoms with E-state index in [1.54, 1.807) is 10.8 Å². The molecular formula is C9H11N3O2S. The molecule has 2 rings (SSSR count). The normalized spacial score (nSPS) is 21.5. The van der Waals surface area contributed by atoms with Crippen LogP contribution in [-0.2, 0) is 9.59 Å². The maximum atomic E-state index is 11.6. The van der Waals surface area contributed by atoms with Crippen molar-refractivity contribution in [3.05, 3.63) is 16.7 Å². The molecule has 2 N–H and O–H groups in total. The van der Waals surface area contributed by atoms with Gasteiger partial charge in [-0.05, 0) is 25.6 Å². The number of nitrogens with one attached hydrogen (secondary N) is 2. The molecule has 0 aliphatic carbocycles. The number of carbonyl (C=O) groups is 2. The number of aryl methyl sites for hydroxylation is 1. The standard InChI is InChI=1S/C9H11N3O2S/c1-5-4-10-9(15)12(5)6-2-3-7(13)11-8(6)14/h4,6H,2-3H2,1H3,(H,10,15)(H,11,13,14). The topological polar surface area (TPSA) is 66.9 Å². The third-order valence-electron chi connectivity index (χ3n) is 2.53. The van der Waals surface area contributed by atoms with Crippen molar-refractivity contribution in [2.75, 3.05) is 0 Å². The summed E-state index contributed by atoms with van der Waals surface area (Å²) in [4.78, 5) is 25.5. The molecular weight excluding hydrogens is 214 g/mol. The fourth-order valence-corrected chi connectivity index (χ4v) is 2.11. The van der Waals surface area contributed by atoms with E-state index in [1.165, 1.54) is 0 Å². The van der Waals surface area contributed by atoms with Gasteiger partial charge in [0.15, 0.2) is 4.77 Å². The van der Waals surface area contributed by atoms with Gasteiger partial charge in [-0.15, -0.1) is 0 Å². The second-order valence-corrected chi connectivity index (χ2v) is 3.96. The lowest BCUT2D eigenvalue weighted by Gasteiger charge is -2.22. The molecule has 1 fully saturated rings. The molecule has 0 saturated carbocycles. The Morgan fingerprint density at radius 1 is 1.53 bits per heavy atom. The number of H-pyrrole nitrogens is 1. The number of imidazole rings is 1. The lowest BCUT2D eigenvalue weighted by molar-refractivity contribution is -0.135. The van der Waals surface area contributed by atoms with Gasteiger partial charge in [-0.1, -0.05) is 0 Å². The monoisotopic (exact) mass is 225 g/mol. The zero-order valence-electron chi connectivity index (χ0n) is 8.24. The lowest BCUT2D eigenvalue weighted by Crippen LogP contribution is -2.42. The highest BCUT2D eigenvalue weighted by molar-refractivity contribution is 7.71. The fraction of sp³-hybridized carbons (Fsp3) is 0.444. The second kappa shape index (κ2) is 3.62. The molecule has 1 aromatic heterocycles. The molecule has 1 saturated heterocycles. The Morgan fingerprint density at radius 2 is 2.27 bits per heavy atom. The van der Waals surface area contributed by atoms with Crippen molar-refractivity contribution >= 4 is 24.0 Å². The van der Waals surface area contributed by atoms with Crippen LogP contribution in [0.2, 0.25) is 0 Å². The molecule has 1 aliphatic rings. The van der Waals surface area contributed by atoms with Crippen molar-refractivity contribution in [3.8, 4) is 0 Å². The molecule has 1 aliphatic heterocycles. The number of amides is 2. The number of imide groups is 1. The van der Waals surface area contributed by atoms with Gasteiger partial charge in [0.1, 0.15) is 6.04 Å². The van der Waals surface area contributed by atoms with Crippen LogP contribution in [0.4, 0.5) is 0 Å². The molecule has 0 bridgehead atoms. The maximum absolute atomic E-state index is 11.6. The van der Waals surface area contributed by atoms with Gasteiger partial charge >= 0.3 is 0 Å². The molecule has 2 heterocycles. The molecule has 5 nitrogen and oxygen atoms in total. The molecule has 0 radical (unpaired) electrons. The van der Waals surface area contributed by atoms with Crippen molar-refractivity contribution in [3.63, 3.8) is 0 Å². The predicted molar refractivity (Wildman–Crippen MR) is 55.8 cm³/mol. The van der Waals surface area contributed by atoms with Gasteiger partial charge in [-0.25, -0.2) is 0 Å². The molecule has 1 aromatic rings. The van der Waals surface area contributed by atoms with Crippen LogP contribution in [-0.4, -0.2) is 21.4 Å². The van der Waals surface area contributed by atoms with Crippen LogP contribution in [0, 0.1) is 11.7 Å². The van der Waals surface area contributed by atoms with E-state index < -0.39 is 0 Å². The Balaban J connectivity index is 2.36. The van der Waals surface area contributed by atoms with Crippen molar-refractivity contribution in [1.29, 1.82) is 0 Å². The van der Waals surface area contributed by atoms with Gasteiger partial charge in [0, 0.05) is 18.3 Å². The number of piperidine rings is 1. The van der Waals surface area contributed by atoms with E-state index in [-0.39, 0.29) is 17.9 Å². The molecule has 0 aromatic carbocycles. The Morgan fingerprint density at radius 3 is 2.80 bits per heavy atom. The van der Waals surface area contributed by atoms with E-state index in [1.807, 2.05) is 6.92 Å². The highest BCUT2D eigenvalue weighted by Gasteiger charge is 2.28. The summed E-state index contributed by atoms with van der Waals surface area (Å²) >= 11 is 5.08. The van der Waals surface area contributed by atoms with Gasteiger partial charge in [0.25, 0.3) is 0 Å². The smallest absolute Gasteiger partial charge is 0.249 e. The summed E-state index contributed by atoms with van der Waals surface area (Å²) in [5.41, 5.74) is 0.898. The predicted octanol–water partition coefficient (Wildman–Crippen LogP) is 0.832. The number of rotatable bonds is 1. The van der Waals surface area contributed by atoms with Crippen LogP contribution in [0.3, 0.4) is 0 Å². The number of hydrogen-bond donors (Lipinski definition) is 2. The third-order valence-corrected chi connectivity index (χ3v) is 2.84. The summed E-state index contributed by atoms with van der Waals surface area (Å²) in [5.74, 6) is -0.485. The zero-order chi connectivity index (χ0) is 11.0. The van der Waals surface area contributed by atoms with Crippen LogP contribution in [0.1, 0.15) is 24.6 Å². The molecule has 1 atom stereocenters. The fourth-order valence-electron chi connectivity index (χ4n) is 1.78. The van der Waals surface area contributed by atoms with E-state index in [0.29, 0.717) is 17.6 Å². The Hall–Kier alpha value is -1.43. The van der Waals surface area contributed by atoms with E-state index >= 15 is 0 Å². The summed E-state index contributed by atoms with van der Waals surface area (Å²) in [6.07, 6.45) is 2.63. The van der Waals surface area contributed by atoms with Crippen LogP contribution < -0.4 is 5.32 Å². The van der Waals surface area contributed by atoms with E-state index in [2.05, 4.69) is 10.3 Å². The number of hydrogen-bond acceptors (Lipinski definition) is 3. The molecule has 6 heteroatoms. The SMILES string of the molecule is Cc1c[nH]c(=S)n1C1CCC(=O)NC1=O. The summed E-state index contributed by atoms with van der Waals surface area (Å²) in [6, 6.07) is -0.360. The minimum absolute atomic E-state index is 0.212. The van der Waals surface area contributed by atoms with Crippen LogP contribution in [0.5, 0.6) is 0 Å². The first-order chi connectivity index (χ1) is 7.09. The Bertz CT molecular complexity index is 474. The van der Waals surface area contributed by atoms with Crippen molar-refractivity contribution in [2.45, 2.75) is 25.8 Å². The number of aromatic nitrogens is 2. The van der Waals surface area contributed by atoms with E-state index in [0.717, 1.165) is 5.69 Å². The van der Waals surface area contributed by atoms with Gasteiger partial charge in [-0.3, -0.25) is 14.9 Å². The van der Waals surface area contributed by atoms with Gasteiger partial charge in [0.2, 0.25) is 11.8 Å². The number of nitrogens with zero attached hydrogens (tertiary/aromatic N) is 1. The summed E-state index contributed by atoms with van der Waals surface area (Å²) in [6.45, 7) is 1.87. The van der Waals surface area contributed by atoms with E-state index in [4.69, 9.17) is 12.2 Å². The molecule has 15 heavy (non-hydrogen) atoms.